The lowest BCUT2D eigenvalue weighted by Gasteiger charge is -2.36. The molecule has 1 amide bonds. The van der Waals surface area contributed by atoms with Crippen LogP contribution in [0.3, 0.4) is 0 Å². The Morgan fingerprint density at radius 2 is 1.93 bits per heavy atom. The number of nitrogens with one attached hydrogen (secondary N) is 1. The maximum absolute atomic E-state index is 12.0. The molecular formula is C24H37N5O. The minimum Gasteiger partial charge on any atom is -0.356 e. The van der Waals surface area contributed by atoms with Crippen LogP contribution in [0.4, 0.5) is 0 Å². The van der Waals surface area contributed by atoms with Crippen molar-refractivity contribution in [3.63, 3.8) is 0 Å². The second-order valence-corrected chi connectivity index (χ2v) is 8.12. The van der Waals surface area contributed by atoms with Gasteiger partial charge in [-0.3, -0.25) is 14.7 Å². The van der Waals surface area contributed by atoms with Crippen molar-refractivity contribution in [3.05, 3.63) is 42.0 Å². The van der Waals surface area contributed by atoms with E-state index >= 15 is 0 Å². The zero-order chi connectivity index (χ0) is 21.2. The van der Waals surface area contributed by atoms with Crippen LogP contribution in [0.25, 0.3) is 6.08 Å². The van der Waals surface area contributed by atoms with E-state index in [2.05, 4.69) is 68.4 Å². The van der Waals surface area contributed by atoms with Gasteiger partial charge in [-0.05, 0) is 24.8 Å². The average molecular weight is 412 g/mol. The van der Waals surface area contributed by atoms with Gasteiger partial charge in [0.15, 0.2) is 5.96 Å². The van der Waals surface area contributed by atoms with Crippen molar-refractivity contribution < 1.29 is 4.79 Å². The Balaban J connectivity index is 1.38. The lowest BCUT2D eigenvalue weighted by molar-refractivity contribution is -0.129. The molecule has 0 bridgehead atoms. The summed E-state index contributed by atoms with van der Waals surface area (Å²) < 4.78 is 0. The molecular weight excluding hydrogens is 374 g/mol. The summed E-state index contributed by atoms with van der Waals surface area (Å²) in [6.07, 6.45) is 8.17. The molecule has 2 saturated heterocycles. The monoisotopic (exact) mass is 411 g/mol. The van der Waals surface area contributed by atoms with E-state index in [1.54, 1.807) is 0 Å². The van der Waals surface area contributed by atoms with E-state index in [0.29, 0.717) is 11.9 Å². The normalized spacial score (nSPS) is 19.7. The molecule has 6 nitrogen and oxygen atoms in total. The predicted octanol–water partition coefficient (Wildman–Crippen LogP) is 2.68. The number of hydrogen-bond donors (Lipinski definition) is 1. The van der Waals surface area contributed by atoms with Gasteiger partial charge in [0, 0.05) is 65.3 Å². The number of piperazine rings is 1. The molecule has 1 aromatic carbocycles. The Labute approximate surface area is 181 Å². The summed E-state index contributed by atoms with van der Waals surface area (Å²) in [5, 5.41) is 3.53. The third-order valence-corrected chi connectivity index (χ3v) is 6.14. The van der Waals surface area contributed by atoms with Gasteiger partial charge in [-0.2, -0.15) is 0 Å². The Morgan fingerprint density at radius 3 is 2.57 bits per heavy atom. The molecule has 0 saturated carbocycles. The van der Waals surface area contributed by atoms with Crippen LogP contribution >= 0.6 is 0 Å². The van der Waals surface area contributed by atoms with Gasteiger partial charge in [0.05, 0.1) is 0 Å². The maximum atomic E-state index is 12.0. The fraction of sp³-hybridized carbons (Fsp3) is 0.583. The van der Waals surface area contributed by atoms with E-state index in [1.165, 1.54) is 5.56 Å². The van der Waals surface area contributed by atoms with E-state index in [-0.39, 0.29) is 0 Å². The second kappa shape index (κ2) is 11.7. The van der Waals surface area contributed by atoms with Gasteiger partial charge < -0.3 is 15.1 Å². The Bertz CT molecular complexity index is 710. The minimum atomic E-state index is 0.323. The Kier molecular flexibility index (Phi) is 8.75. The van der Waals surface area contributed by atoms with Crippen LogP contribution in [-0.4, -0.2) is 85.5 Å². The summed E-state index contributed by atoms with van der Waals surface area (Å²) in [4.78, 5) is 23.4. The number of aliphatic imine (C=N–C) groups is 1. The summed E-state index contributed by atoms with van der Waals surface area (Å²) >= 11 is 0. The average Bonchev–Trinajstić information content (AvgIpc) is 3.21. The van der Waals surface area contributed by atoms with Crippen LogP contribution in [0.15, 0.2) is 41.4 Å². The van der Waals surface area contributed by atoms with E-state index in [4.69, 9.17) is 0 Å². The molecule has 0 radical (unpaired) electrons. The standard InChI is InChI=1S/C24H37N5O/c1-3-22(29-16-8-12-23(29)30)13-14-26-24(25-2)28-19-17-27(18-20-28)15-7-11-21-9-5-4-6-10-21/h4-7,9-11,22H,3,8,12-20H2,1-2H3,(H,25,26)/b11-7+. The van der Waals surface area contributed by atoms with E-state index in [1.807, 2.05) is 13.1 Å². The van der Waals surface area contributed by atoms with Gasteiger partial charge in [-0.15, -0.1) is 0 Å². The molecule has 3 rings (SSSR count). The molecule has 6 heteroatoms. The van der Waals surface area contributed by atoms with Gasteiger partial charge in [0.2, 0.25) is 5.91 Å². The molecule has 1 unspecified atom stereocenters. The van der Waals surface area contributed by atoms with Gasteiger partial charge in [0.1, 0.15) is 0 Å². The molecule has 2 heterocycles. The Hall–Kier alpha value is -2.34. The second-order valence-electron chi connectivity index (χ2n) is 8.12. The van der Waals surface area contributed by atoms with Crippen molar-refractivity contribution in [3.8, 4) is 0 Å². The van der Waals surface area contributed by atoms with Gasteiger partial charge in [-0.1, -0.05) is 49.4 Å². The Morgan fingerprint density at radius 1 is 1.17 bits per heavy atom. The molecule has 164 valence electrons. The van der Waals surface area contributed by atoms with E-state index < -0.39 is 0 Å². The number of carbonyl (C=O) groups is 1. The minimum absolute atomic E-state index is 0.323. The highest BCUT2D eigenvalue weighted by molar-refractivity contribution is 5.80. The number of amides is 1. The molecule has 2 fully saturated rings. The zero-order valence-corrected chi connectivity index (χ0v) is 18.6. The number of carbonyl (C=O) groups excluding carboxylic acids is 1. The van der Waals surface area contributed by atoms with Crippen molar-refractivity contribution in [2.75, 3.05) is 52.9 Å². The zero-order valence-electron chi connectivity index (χ0n) is 18.6. The SMILES string of the molecule is CCC(CCNC(=NC)N1CCN(C/C=C/c2ccccc2)CC1)N1CCCC1=O. The fourth-order valence-corrected chi connectivity index (χ4v) is 4.36. The van der Waals surface area contributed by atoms with Gasteiger partial charge >= 0.3 is 0 Å². The summed E-state index contributed by atoms with van der Waals surface area (Å²) in [6.45, 7) is 9.00. The van der Waals surface area contributed by atoms with Crippen LogP contribution in [-0.2, 0) is 4.79 Å². The lowest BCUT2D eigenvalue weighted by atomic mass is 10.1. The smallest absolute Gasteiger partial charge is 0.222 e. The van der Waals surface area contributed by atoms with E-state index in [0.717, 1.165) is 77.5 Å². The van der Waals surface area contributed by atoms with Gasteiger partial charge in [0.25, 0.3) is 0 Å². The number of guanidine groups is 1. The molecule has 0 aromatic heterocycles. The molecule has 2 aliphatic heterocycles. The third kappa shape index (κ3) is 6.33. The van der Waals surface area contributed by atoms with Crippen LogP contribution in [0.5, 0.6) is 0 Å². The molecule has 2 aliphatic rings. The number of benzene rings is 1. The summed E-state index contributed by atoms with van der Waals surface area (Å²) in [6, 6.07) is 10.8. The highest BCUT2D eigenvalue weighted by Gasteiger charge is 2.26. The number of rotatable bonds is 8. The van der Waals surface area contributed by atoms with Crippen LogP contribution < -0.4 is 5.32 Å². The molecule has 1 aromatic rings. The first-order valence-corrected chi connectivity index (χ1v) is 11.4. The number of likely N-dealkylation sites (tertiary alicyclic amines) is 1. The summed E-state index contributed by atoms with van der Waals surface area (Å²) in [7, 11) is 1.86. The molecule has 1 atom stereocenters. The van der Waals surface area contributed by atoms with Crippen LogP contribution in [0, 0.1) is 0 Å². The summed E-state index contributed by atoms with van der Waals surface area (Å²) in [5.41, 5.74) is 1.25. The van der Waals surface area contributed by atoms with Crippen LogP contribution in [0.2, 0.25) is 0 Å². The van der Waals surface area contributed by atoms with Crippen LogP contribution in [0.1, 0.15) is 38.2 Å². The highest BCUT2D eigenvalue weighted by atomic mass is 16.2. The molecule has 1 N–H and O–H groups in total. The first-order chi connectivity index (χ1) is 14.7. The maximum Gasteiger partial charge on any atom is 0.222 e. The summed E-state index contributed by atoms with van der Waals surface area (Å²) in [5.74, 6) is 1.31. The number of hydrogen-bond acceptors (Lipinski definition) is 3. The lowest BCUT2D eigenvalue weighted by Crippen LogP contribution is -2.52. The largest absolute Gasteiger partial charge is 0.356 e. The molecule has 30 heavy (non-hydrogen) atoms. The fourth-order valence-electron chi connectivity index (χ4n) is 4.36. The first-order valence-electron chi connectivity index (χ1n) is 11.4. The topological polar surface area (TPSA) is 51.2 Å². The number of nitrogens with zero attached hydrogens (tertiary/aromatic N) is 4. The predicted molar refractivity (Wildman–Crippen MR) is 124 cm³/mol. The molecule has 0 aliphatic carbocycles. The first kappa shape index (κ1) is 22.3. The van der Waals surface area contributed by atoms with Crippen molar-refractivity contribution in [2.24, 2.45) is 4.99 Å². The molecule has 0 spiro atoms. The third-order valence-electron chi connectivity index (χ3n) is 6.14. The van der Waals surface area contributed by atoms with Gasteiger partial charge in [-0.25, -0.2) is 0 Å². The van der Waals surface area contributed by atoms with Crippen molar-refractivity contribution in [2.45, 2.75) is 38.6 Å². The van der Waals surface area contributed by atoms with Crippen molar-refractivity contribution >= 4 is 17.9 Å². The van der Waals surface area contributed by atoms with E-state index in [9.17, 15) is 4.79 Å². The highest BCUT2D eigenvalue weighted by Crippen LogP contribution is 2.17. The van der Waals surface area contributed by atoms with Crippen molar-refractivity contribution in [1.82, 2.24) is 20.0 Å². The van der Waals surface area contributed by atoms with Crippen molar-refractivity contribution in [1.29, 1.82) is 0 Å². The quantitative estimate of drug-likeness (QED) is 0.528.